The van der Waals surface area contributed by atoms with Crippen molar-refractivity contribution < 1.29 is 4.43 Å². The van der Waals surface area contributed by atoms with Gasteiger partial charge in [-0.1, -0.05) is 0 Å². The van der Waals surface area contributed by atoms with Gasteiger partial charge in [-0.2, -0.15) is 0 Å². The van der Waals surface area contributed by atoms with Crippen molar-refractivity contribution in [3.8, 4) is 11.3 Å². The first-order valence-electron chi connectivity index (χ1n) is 7.27. The summed E-state index contributed by atoms with van der Waals surface area (Å²) in [4.78, 5) is 8.81. The van der Waals surface area contributed by atoms with Crippen LogP contribution in [-0.2, 0) is 10.0 Å². The van der Waals surface area contributed by atoms with Gasteiger partial charge in [0.1, 0.15) is 0 Å². The molecule has 2 rings (SSSR count). The molecular formula is C17H24N2OSi. The van der Waals surface area contributed by atoms with Crippen LogP contribution in [0.3, 0.4) is 0 Å². The molecule has 0 bridgehead atoms. The van der Waals surface area contributed by atoms with Crippen molar-refractivity contribution in [3.05, 3.63) is 47.9 Å². The molecule has 0 radical (unpaired) electrons. The summed E-state index contributed by atoms with van der Waals surface area (Å²) in [5.74, 6) is 0. The van der Waals surface area contributed by atoms with Gasteiger partial charge in [-0.3, -0.25) is 9.97 Å². The van der Waals surface area contributed by atoms with Crippen LogP contribution in [0.5, 0.6) is 0 Å². The molecule has 0 aliphatic rings. The zero-order valence-electron chi connectivity index (χ0n) is 13.8. The highest BCUT2D eigenvalue weighted by molar-refractivity contribution is 6.69. The third-order valence-corrected chi connectivity index (χ3v) is 4.35. The lowest BCUT2D eigenvalue weighted by molar-refractivity contribution is 0.1000. The Morgan fingerprint density at radius 3 is 2.33 bits per heavy atom. The molecule has 0 aromatic carbocycles. The Kier molecular flexibility index (Phi) is 4.30. The minimum atomic E-state index is -1.61. The van der Waals surface area contributed by atoms with E-state index in [4.69, 9.17) is 4.43 Å². The fourth-order valence-corrected chi connectivity index (χ4v) is 4.06. The second-order valence-electron chi connectivity index (χ2n) is 6.84. The van der Waals surface area contributed by atoms with Gasteiger partial charge in [0, 0.05) is 23.7 Å². The second kappa shape index (κ2) is 5.70. The Morgan fingerprint density at radius 2 is 1.76 bits per heavy atom. The quantitative estimate of drug-likeness (QED) is 0.778. The number of nitrogens with zero attached hydrogens (tertiary/aromatic N) is 2. The van der Waals surface area contributed by atoms with Crippen molar-refractivity contribution in [1.82, 2.24) is 9.97 Å². The summed E-state index contributed by atoms with van der Waals surface area (Å²) in [6.45, 7) is 12.9. The molecular weight excluding hydrogens is 276 g/mol. The Labute approximate surface area is 128 Å². The molecule has 0 aliphatic heterocycles. The first-order chi connectivity index (χ1) is 9.67. The highest BCUT2D eigenvalue weighted by atomic mass is 28.4. The SMILES string of the molecule is Cc1ccc(-c2cc(C(C)(C)O[Si](C)(C)C)ccn2)cn1. The molecule has 0 saturated carbocycles. The van der Waals surface area contributed by atoms with Crippen molar-refractivity contribution >= 4 is 8.32 Å². The Hall–Kier alpha value is -1.52. The lowest BCUT2D eigenvalue weighted by Gasteiger charge is -2.33. The predicted octanol–water partition coefficient (Wildman–Crippen LogP) is 4.54. The van der Waals surface area contributed by atoms with E-state index in [1.165, 1.54) is 0 Å². The van der Waals surface area contributed by atoms with E-state index >= 15 is 0 Å². The topological polar surface area (TPSA) is 35.0 Å². The summed E-state index contributed by atoms with van der Waals surface area (Å²) in [7, 11) is -1.61. The van der Waals surface area contributed by atoms with Gasteiger partial charge >= 0.3 is 0 Å². The van der Waals surface area contributed by atoms with E-state index in [0.29, 0.717) is 0 Å². The van der Waals surface area contributed by atoms with E-state index in [2.05, 4.69) is 55.6 Å². The minimum absolute atomic E-state index is 0.305. The van der Waals surface area contributed by atoms with Gasteiger partial charge in [0.25, 0.3) is 0 Å². The number of aromatic nitrogens is 2. The molecule has 0 N–H and O–H groups in total. The zero-order chi connectivity index (χ0) is 15.7. The van der Waals surface area contributed by atoms with Crippen molar-refractivity contribution in [3.63, 3.8) is 0 Å². The lowest BCUT2D eigenvalue weighted by atomic mass is 9.98. The van der Waals surface area contributed by atoms with Crippen LogP contribution in [-0.4, -0.2) is 18.3 Å². The second-order valence-corrected chi connectivity index (χ2v) is 11.3. The molecule has 0 spiro atoms. The van der Waals surface area contributed by atoms with Crippen LogP contribution in [0.2, 0.25) is 19.6 Å². The number of hydrogen-bond acceptors (Lipinski definition) is 3. The smallest absolute Gasteiger partial charge is 0.184 e. The molecule has 0 amide bonds. The van der Waals surface area contributed by atoms with Gasteiger partial charge < -0.3 is 4.43 Å². The van der Waals surface area contributed by atoms with Gasteiger partial charge in [0.15, 0.2) is 8.32 Å². The third-order valence-electron chi connectivity index (χ3n) is 3.22. The average molecular weight is 300 g/mol. The van der Waals surface area contributed by atoms with Crippen molar-refractivity contribution in [2.45, 2.75) is 46.0 Å². The van der Waals surface area contributed by atoms with Crippen LogP contribution in [0, 0.1) is 6.92 Å². The third kappa shape index (κ3) is 4.22. The zero-order valence-corrected chi connectivity index (χ0v) is 14.8. The molecule has 4 heteroatoms. The number of hydrogen-bond donors (Lipinski definition) is 0. The van der Waals surface area contributed by atoms with Gasteiger partial charge in [-0.05, 0) is 70.2 Å². The fourth-order valence-electron chi connectivity index (χ4n) is 2.41. The summed E-state index contributed by atoms with van der Waals surface area (Å²) < 4.78 is 6.32. The molecule has 0 aliphatic carbocycles. The van der Waals surface area contributed by atoms with Gasteiger partial charge in [-0.25, -0.2) is 0 Å². The van der Waals surface area contributed by atoms with E-state index in [1.807, 2.05) is 31.5 Å². The van der Waals surface area contributed by atoms with E-state index in [9.17, 15) is 0 Å². The maximum atomic E-state index is 6.32. The largest absolute Gasteiger partial charge is 0.409 e. The lowest BCUT2D eigenvalue weighted by Crippen LogP contribution is -2.36. The summed E-state index contributed by atoms with van der Waals surface area (Å²) in [6.07, 6.45) is 3.72. The number of pyridine rings is 2. The van der Waals surface area contributed by atoms with Crippen LogP contribution >= 0.6 is 0 Å². The Morgan fingerprint density at radius 1 is 1.05 bits per heavy atom. The molecule has 2 heterocycles. The summed E-state index contributed by atoms with van der Waals surface area (Å²) in [6, 6.07) is 8.20. The van der Waals surface area contributed by atoms with Crippen LogP contribution in [0.25, 0.3) is 11.3 Å². The summed E-state index contributed by atoms with van der Waals surface area (Å²) in [5.41, 5.74) is 3.83. The van der Waals surface area contributed by atoms with Crippen LogP contribution < -0.4 is 0 Å². The van der Waals surface area contributed by atoms with Crippen molar-refractivity contribution in [1.29, 1.82) is 0 Å². The highest BCUT2D eigenvalue weighted by Crippen LogP contribution is 2.30. The van der Waals surface area contributed by atoms with Gasteiger partial charge in [-0.15, -0.1) is 0 Å². The number of rotatable bonds is 4. The highest BCUT2D eigenvalue weighted by Gasteiger charge is 2.29. The predicted molar refractivity (Wildman–Crippen MR) is 89.7 cm³/mol. The van der Waals surface area contributed by atoms with Crippen molar-refractivity contribution in [2.75, 3.05) is 0 Å². The first-order valence-corrected chi connectivity index (χ1v) is 10.7. The number of aryl methyl sites for hydroxylation is 1. The monoisotopic (exact) mass is 300 g/mol. The standard InChI is InChI=1S/C17H24N2OSi/c1-13-7-8-14(12-19-13)16-11-15(9-10-18-16)17(2,3)20-21(4,5)6/h7-12H,1-6H3. The fraction of sp³-hybridized carbons (Fsp3) is 0.412. The molecule has 112 valence electrons. The van der Waals surface area contributed by atoms with E-state index in [0.717, 1.165) is 22.5 Å². The molecule has 2 aromatic rings. The van der Waals surface area contributed by atoms with Crippen LogP contribution in [0.1, 0.15) is 25.1 Å². The van der Waals surface area contributed by atoms with Gasteiger partial charge in [0.2, 0.25) is 0 Å². The molecule has 0 unspecified atom stereocenters. The Bertz CT molecular complexity index is 615. The van der Waals surface area contributed by atoms with Crippen LogP contribution in [0.4, 0.5) is 0 Å². The van der Waals surface area contributed by atoms with E-state index < -0.39 is 8.32 Å². The van der Waals surface area contributed by atoms with Crippen LogP contribution in [0.15, 0.2) is 36.7 Å². The molecule has 0 atom stereocenters. The maximum Gasteiger partial charge on any atom is 0.184 e. The molecule has 0 saturated heterocycles. The van der Waals surface area contributed by atoms with Crippen molar-refractivity contribution in [2.24, 2.45) is 0 Å². The Balaban J connectivity index is 2.35. The molecule has 0 fully saturated rings. The average Bonchev–Trinajstić information content (AvgIpc) is 2.37. The van der Waals surface area contributed by atoms with Gasteiger partial charge in [0.05, 0.1) is 11.3 Å². The van der Waals surface area contributed by atoms with E-state index in [-0.39, 0.29) is 5.60 Å². The maximum absolute atomic E-state index is 6.32. The molecule has 21 heavy (non-hydrogen) atoms. The summed E-state index contributed by atoms with van der Waals surface area (Å²) in [5, 5.41) is 0. The minimum Gasteiger partial charge on any atom is -0.409 e. The molecule has 2 aromatic heterocycles. The normalized spacial score (nSPS) is 12.5. The van der Waals surface area contributed by atoms with E-state index in [1.54, 1.807) is 0 Å². The molecule has 3 nitrogen and oxygen atoms in total. The summed E-state index contributed by atoms with van der Waals surface area (Å²) >= 11 is 0. The first kappa shape index (κ1) is 15.9.